The Labute approximate surface area is 198 Å². The molecule has 5 rings (SSSR count). The van der Waals surface area contributed by atoms with Crippen LogP contribution in [0.25, 0.3) is 16.6 Å². The third-order valence-electron chi connectivity index (χ3n) is 6.11. The van der Waals surface area contributed by atoms with E-state index >= 15 is 0 Å². The summed E-state index contributed by atoms with van der Waals surface area (Å²) in [4.78, 5) is 27.6. The molecule has 2 atom stereocenters. The zero-order valence-electron chi connectivity index (χ0n) is 19.6. The average Bonchev–Trinajstić information content (AvgIpc) is 3.51. The number of nitrogens with one attached hydrogen (secondary N) is 2. The molecule has 1 aliphatic heterocycles. The maximum Gasteiger partial charge on any atom is 0.217 e. The summed E-state index contributed by atoms with van der Waals surface area (Å²) in [7, 11) is 0. The van der Waals surface area contributed by atoms with E-state index in [1.54, 1.807) is 19.3 Å². The van der Waals surface area contributed by atoms with Gasteiger partial charge >= 0.3 is 0 Å². The van der Waals surface area contributed by atoms with E-state index in [0.29, 0.717) is 5.82 Å². The van der Waals surface area contributed by atoms with Crippen molar-refractivity contribution in [2.75, 3.05) is 23.3 Å². The number of fused-ring (bicyclic) bond motifs is 1. The molecule has 0 aliphatic carbocycles. The molecule has 9 nitrogen and oxygen atoms in total. The van der Waals surface area contributed by atoms with Crippen molar-refractivity contribution in [3.63, 3.8) is 0 Å². The van der Waals surface area contributed by atoms with Gasteiger partial charge in [0, 0.05) is 43.8 Å². The van der Waals surface area contributed by atoms with Crippen molar-refractivity contribution < 1.29 is 4.79 Å². The number of anilines is 2. The Bertz CT molecular complexity index is 1320. The summed E-state index contributed by atoms with van der Waals surface area (Å²) >= 11 is 0. The van der Waals surface area contributed by atoms with Gasteiger partial charge < -0.3 is 15.5 Å². The van der Waals surface area contributed by atoms with Gasteiger partial charge in [-0.25, -0.2) is 19.6 Å². The Morgan fingerprint density at radius 2 is 2.06 bits per heavy atom. The first kappa shape index (κ1) is 21.8. The largest absolute Gasteiger partial charge is 0.363 e. The van der Waals surface area contributed by atoms with Crippen molar-refractivity contribution in [2.45, 2.75) is 39.3 Å². The van der Waals surface area contributed by atoms with Gasteiger partial charge in [0.15, 0.2) is 0 Å². The van der Waals surface area contributed by atoms with Gasteiger partial charge in [-0.2, -0.15) is 5.10 Å². The normalized spacial score (nSPS) is 16.6. The first-order chi connectivity index (χ1) is 16.5. The van der Waals surface area contributed by atoms with Crippen LogP contribution in [0, 0.1) is 6.92 Å². The second-order valence-corrected chi connectivity index (χ2v) is 8.69. The molecule has 1 fully saturated rings. The molecule has 0 bridgehead atoms. The monoisotopic (exact) mass is 456 g/mol. The average molecular weight is 457 g/mol. The SMILES string of the molecule is CC(=O)N[C@@H]1CCN(c2cc3c(N[C@H](C)c4ccccc4-n4cccn4)nc(C)nc3cn2)C1. The van der Waals surface area contributed by atoms with Gasteiger partial charge in [-0.05, 0) is 44.0 Å². The van der Waals surface area contributed by atoms with Gasteiger partial charge in [0.1, 0.15) is 17.5 Å². The summed E-state index contributed by atoms with van der Waals surface area (Å²) < 4.78 is 1.87. The lowest BCUT2D eigenvalue weighted by Crippen LogP contribution is -2.35. The predicted octanol–water partition coefficient (Wildman–Crippen LogP) is 3.41. The molecule has 9 heteroatoms. The Hall–Kier alpha value is -4.01. The third-order valence-corrected chi connectivity index (χ3v) is 6.11. The van der Waals surface area contributed by atoms with Crippen molar-refractivity contribution in [3.05, 3.63) is 66.4 Å². The highest BCUT2D eigenvalue weighted by molar-refractivity contribution is 5.90. The van der Waals surface area contributed by atoms with Crippen LogP contribution < -0.4 is 15.5 Å². The number of hydrogen-bond acceptors (Lipinski definition) is 7. The fourth-order valence-electron chi connectivity index (χ4n) is 4.55. The molecule has 1 amide bonds. The van der Waals surface area contributed by atoms with E-state index in [0.717, 1.165) is 53.3 Å². The first-order valence-electron chi connectivity index (χ1n) is 11.5. The molecule has 0 spiro atoms. The van der Waals surface area contributed by atoms with Crippen LogP contribution in [-0.2, 0) is 4.79 Å². The Morgan fingerprint density at radius 1 is 1.21 bits per heavy atom. The second kappa shape index (κ2) is 9.09. The molecule has 174 valence electrons. The highest BCUT2D eigenvalue weighted by Gasteiger charge is 2.25. The van der Waals surface area contributed by atoms with Crippen molar-refractivity contribution in [1.82, 2.24) is 30.0 Å². The lowest BCUT2D eigenvalue weighted by molar-refractivity contribution is -0.119. The van der Waals surface area contributed by atoms with Gasteiger partial charge in [0.05, 0.1) is 23.4 Å². The number of nitrogens with zero attached hydrogens (tertiary/aromatic N) is 6. The molecule has 4 heterocycles. The van der Waals surface area contributed by atoms with Gasteiger partial charge in [-0.3, -0.25) is 4.79 Å². The molecule has 1 aliphatic rings. The maximum atomic E-state index is 11.4. The third kappa shape index (κ3) is 4.41. The zero-order valence-corrected chi connectivity index (χ0v) is 19.6. The van der Waals surface area contributed by atoms with Crippen molar-refractivity contribution in [1.29, 1.82) is 0 Å². The van der Waals surface area contributed by atoms with E-state index < -0.39 is 0 Å². The number of carbonyl (C=O) groups excluding carboxylic acids is 1. The highest BCUT2D eigenvalue weighted by atomic mass is 16.1. The molecular formula is C25H28N8O. The van der Waals surface area contributed by atoms with Crippen molar-refractivity contribution in [3.8, 4) is 5.69 Å². The number of para-hydroxylation sites is 1. The molecule has 2 N–H and O–H groups in total. The van der Waals surface area contributed by atoms with Crippen molar-refractivity contribution >= 4 is 28.4 Å². The summed E-state index contributed by atoms with van der Waals surface area (Å²) in [5.74, 6) is 2.31. The van der Waals surface area contributed by atoms with Crippen LogP contribution in [0.4, 0.5) is 11.6 Å². The second-order valence-electron chi connectivity index (χ2n) is 8.69. The number of benzene rings is 1. The topological polar surface area (TPSA) is 101 Å². The molecule has 1 aromatic carbocycles. The Kier molecular flexibility index (Phi) is 5.83. The summed E-state index contributed by atoms with van der Waals surface area (Å²) in [6.07, 6.45) is 6.42. The summed E-state index contributed by atoms with van der Waals surface area (Å²) in [6.45, 7) is 7.14. The Balaban J connectivity index is 1.46. The van der Waals surface area contributed by atoms with E-state index in [9.17, 15) is 4.79 Å². The van der Waals surface area contributed by atoms with Crippen LogP contribution in [0.3, 0.4) is 0 Å². The zero-order chi connectivity index (χ0) is 23.7. The van der Waals surface area contributed by atoms with E-state index in [1.807, 2.05) is 42.1 Å². The van der Waals surface area contributed by atoms with Crippen LogP contribution >= 0.6 is 0 Å². The van der Waals surface area contributed by atoms with E-state index in [4.69, 9.17) is 4.98 Å². The van der Waals surface area contributed by atoms with E-state index in [-0.39, 0.29) is 18.0 Å². The molecule has 0 saturated carbocycles. The number of carbonyl (C=O) groups is 1. The van der Waals surface area contributed by atoms with E-state index in [2.05, 4.69) is 49.7 Å². The van der Waals surface area contributed by atoms with Crippen molar-refractivity contribution in [2.24, 2.45) is 0 Å². The van der Waals surface area contributed by atoms with Gasteiger partial charge in [-0.15, -0.1) is 0 Å². The lowest BCUT2D eigenvalue weighted by Gasteiger charge is -2.21. The van der Waals surface area contributed by atoms with Gasteiger partial charge in [0.25, 0.3) is 0 Å². The predicted molar refractivity (Wildman–Crippen MR) is 132 cm³/mol. The number of aromatic nitrogens is 5. The fraction of sp³-hybridized carbons (Fsp3) is 0.320. The lowest BCUT2D eigenvalue weighted by atomic mass is 10.1. The molecule has 1 saturated heterocycles. The van der Waals surface area contributed by atoms with Crippen LogP contribution in [0.1, 0.15) is 37.7 Å². The Morgan fingerprint density at radius 3 is 2.85 bits per heavy atom. The molecular weight excluding hydrogens is 428 g/mol. The summed E-state index contributed by atoms with van der Waals surface area (Å²) in [5.41, 5.74) is 2.93. The van der Waals surface area contributed by atoms with E-state index in [1.165, 1.54) is 0 Å². The number of aryl methyl sites for hydroxylation is 1. The number of rotatable bonds is 6. The van der Waals surface area contributed by atoms with Crippen LogP contribution in [0.5, 0.6) is 0 Å². The van der Waals surface area contributed by atoms with Crippen LogP contribution in [-0.4, -0.2) is 49.8 Å². The molecule has 0 unspecified atom stereocenters. The number of hydrogen-bond donors (Lipinski definition) is 2. The molecule has 4 aromatic rings. The minimum absolute atomic E-state index is 0.00179. The molecule has 0 radical (unpaired) electrons. The standard InChI is InChI=1S/C25H28N8O/c1-16(20-7-4-5-8-23(20)33-11-6-10-27-33)28-25-21-13-24(26-14-22(21)29-17(2)30-25)32-12-9-19(15-32)31-18(3)34/h4-8,10-11,13-14,16,19H,9,12,15H2,1-3H3,(H,31,34)(H,28,29,30)/t16-,19-/m1/s1. The smallest absolute Gasteiger partial charge is 0.217 e. The molecule has 34 heavy (non-hydrogen) atoms. The fourth-order valence-corrected chi connectivity index (χ4v) is 4.55. The molecule has 3 aromatic heterocycles. The quantitative estimate of drug-likeness (QED) is 0.459. The summed E-state index contributed by atoms with van der Waals surface area (Å²) in [5, 5.41) is 11.9. The number of amides is 1. The van der Waals surface area contributed by atoms with Gasteiger partial charge in [-0.1, -0.05) is 18.2 Å². The highest BCUT2D eigenvalue weighted by Crippen LogP contribution is 2.30. The van der Waals surface area contributed by atoms with Crippen LogP contribution in [0.15, 0.2) is 55.0 Å². The minimum Gasteiger partial charge on any atom is -0.363 e. The first-order valence-corrected chi connectivity index (χ1v) is 11.5. The van der Waals surface area contributed by atoms with Gasteiger partial charge in [0.2, 0.25) is 5.91 Å². The maximum absolute atomic E-state index is 11.4. The minimum atomic E-state index is -0.0227. The number of pyridine rings is 1. The summed E-state index contributed by atoms with van der Waals surface area (Å²) in [6, 6.07) is 12.3. The van der Waals surface area contributed by atoms with Crippen LogP contribution in [0.2, 0.25) is 0 Å².